The van der Waals surface area contributed by atoms with E-state index < -0.39 is 0 Å². The minimum atomic E-state index is -0.276. The lowest BCUT2D eigenvalue weighted by molar-refractivity contribution is -0.144. The summed E-state index contributed by atoms with van der Waals surface area (Å²) in [7, 11) is 0. The number of carbonyl (C=O) groups excluding carboxylic acids is 1. The first-order valence-electron chi connectivity index (χ1n) is 9.89. The highest BCUT2D eigenvalue weighted by Crippen LogP contribution is 2.32. The molecule has 4 nitrogen and oxygen atoms in total. The van der Waals surface area contributed by atoms with Gasteiger partial charge in [0, 0.05) is 12.1 Å². The fraction of sp³-hybridized carbons (Fsp3) is 0.636. The Hall–Kier alpha value is -1.68. The predicted octanol–water partition coefficient (Wildman–Crippen LogP) is 5.19. The summed E-state index contributed by atoms with van der Waals surface area (Å²) in [5.41, 5.74) is 2.11. The number of nitrogens with zero attached hydrogens (tertiary/aromatic N) is 1. The number of aliphatic hydroxyl groups excluding tert-OH is 1. The molecule has 2 rings (SSSR count). The lowest BCUT2D eigenvalue weighted by Crippen LogP contribution is -2.22. The molecule has 3 unspecified atom stereocenters. The molecule has 0 amide bonds. The highest BCUT2D eigenvalue weighted by Gasteiger charge is 2.41. The van der Waals surface area contributed by atoms with Crippen molar-refractivity contribution in [1.82, 2.24) is 4.98 Å². The molecule has 1 fully saturated rings. The van der Waals surface area contributed by atoms with Crippen LogP contribution in [-0.2, 0) is 9.53 Å². The largest absolute Gasteiger partial charge is 0.462 e. The second kappa shape index (κ2) is 14.5. The molecule has 0 saturated carbocycles. The van der Waals surface area contributed by atoms with Gasteiger partial charge >= 0.3 is 5.97 Å². The second-order valence-corrected chi connectivity index (χ2v) is 6.41. The number of unbranched alkanes of at least 4 members (excludes halogenated alkanes) is 3. The Kier molecular flexibility index (Phi) is 13.5. The maximum absolute atomic E-state index is 11.3. The molecule has 2 heterocycles. The van der Waals surface area contributed by atoms with Crippen molar-refractivity contribution in [2.45, 2.75) is 72.8 Å². The van der Waals surface area contributed by atoms with Crippen LogP contribution in [0.15, 0.2) is 24.9 Å². The molecule has 3 atom stereocenters. The van der Waals surface area contributed by atoms with Crippen LogP contribution in [0, 0.1) is 18.8 Å². The monoisotopic (exact) mass is 363 g/mol. The minimum absolute atomic E-state index is 0.0173. The van der Waals surface area contributed by atoms with Gasteiger partial charge in [-0.1, -0.05) is 59.1 Å². The molecule has 0 aliphatic carbocycles. The van der Waals surface area contributed by atoms with Crippen LogP contribution >= 0.6 is 0 Å². The summed E-state index contributed by atoms with van der Waals surface area (Å²) in [6.07, 6.45) is 9.37. The number of esters is 1. The molecule has 0 spiro atoms. The van der Waals surface area contributed by atoms with E-state index in [-0.39, 0.29) is 30.5 Å². The highest BCUT2D eigenvalue weighted by molar-refractivity contribution is 5.75. The van der Waals surface area contributed by atoms with Crippen LogP contribution in [0.3, 0.4) is 0 Å². The van der Waals surface area contributed by atoms with Crippen molar-refractivity contribution in [3.63, 3.8) is 0 Å². The van der Waals surface area contributed by atoms with Gasteiger partial charge < -0.3 is 9.84 Å². The van der Waals surface area contributed by atoms with E-state index in [2.05, 4.69) is 18.5 Å². The van der Waals surface area contributed by atoms with Crippen LogP contribution < -0.4 is 0 Å². The van der Waals surface area contributed by atoms with Crippen LogP contribution in [0.4, 0.5) is 0 Å². The third-order valence-electron chi connectivity index (χ3n) is 4.46. The van der Waals surface area contributed by atoms with E-state index >= 15 is 0 Å². The molecule has 1 aliphatic heterocycles. The summed E-state index contributed by atoms with van der Waals surface area (Å²) in [5, 5.41) is 9.13. The molecule has 1 aromatic rings. The number of hydrogen-bond acceptors (Lipinski definition) is 4. The van der Waals surface area contributed by atoms with Crippen molar-refractivity contribution in [2.75, 3.05) is 6.61 Å². The van der Waals surface area contributed by atoms with E-state index in [9.17, 15) is 4.79 Å². The molecule has 0 bridgehead atoms. The molecule has 1 aromatic heterocycles. The van der Waals surface area contributed by atoms with Gasteiger partial charge in [0.05, 0.1) is 18.2 Å². The number of cyclic esters (lactones) is 1. The molecule has 1 saturated heterocycles. The fourth-order valence-electron chi connectivity index (χ4n) is 2.91. The molecular formula is C22H37NO3. The van der Waals surface area contributed by atoms with E-state index in [4.69, 9.17) is 9.84 Å². The van der Waals surface area contributed by atoms with Gasteiger partial charge in [-0.3, -0.25) is 9.78 Å². The molecule has 26 heavy (non-hydrogen) atoms. The minimum Gasteiger partial charge on any atom is -0.462 e. The normalized spacial score (nSPS) is 21.0. The Morgan fingerprint density at radius 3 is 2.46 bits per heavy atom. The lowest BCUT2D eigenvalue weighted by Gasteiger charge is -2.16. The van der Waals surface area contributed by atoms with Gasteiger partial charge in [-0.25, -0.2) is 0 Å². The number of aryl methyl sites for hydroxylation is 1. The van der Waals surface area contributed by atoms with Crippen LogP contribution in [0.2, 0.25) is 0 Å². The van der Waals surface area contributed by atoms with E-state index in [1.54, 1.807) is 6.08 Å². The second-order valence-electron chi connectivity index (χ2n) is 6.41. The van der Waals surface area contributed by atoms with Gasteiger partial charge in [0.1, 0.15) is 6.10 Å². The third-order valence-corrected chi connectivity index (χ3v) is 4.46. The van der Waals surface area contributed by atoms with Crippen LogP contribution in [0.5, 0.6) is 0 Å². The molecular weight excluding hydrogens is 326 g/mol. The topological polar surface area (TPSA) is 59.4 Å². The van der Waals surface area contributed by atoms with E-state index in [0.29, 0.717) is 0 Å². The molecule has 0 radical (unpaired) electrons. The SMILES string of the molecule is C=Cc1ccc(C)cn1.CC.CCCCCCC1C(C)OC(=O)C1CO. The van der Waals surface area contributed by atoms with Gasteiger partial charge in [0.15, 0.2) is 0 Å². The number of aromatic nitrogens is 1. The van der Waals surface area contributed by atoms with Crippen molar-refractivity contribution in [2.24, 2.45) is 11.8 Å². The van der Waals surface area contributed by atoms with Gasteiger partial charge in [-0.2, -0.15) is 0 Å². The fourth-order valence-corrected chi connectivity index (χ4v) is 2.91. The highest BCUT2D eigenvalue weighted by atomic mass is 16.6. The summed E-state index contributed by atoms with van der Waals surface area (Å²) < 4.78 is 5.14. The summed E-state index contributed by atoms with van der Waals surface area (Å²) >= 11 is 0. The zero-order valence-corrected chi connectivity index (χ0v) is 17.2. The van der Waals surface area contributed by atoms with Crippen molar-refractivity contribution in [1.29, 1.82) is 0 Å². The molecule has 1 aliphatic rings. The Labute approximate surface area is 159 Å². The number of hydrogen-bond donors (Lipinski definition) is 1. The average Bonchev–Trinajstić information content (AvgIpc) is 2.94. The number of aliphatic hydroxyl groups is 1. The first kappa shape index (κ1) is 24.3. The molecule has 0 aromatic carbocycles. The number of ether oxygens (including phenoxy) is 1. The standard InChI is InChI=1S/C12H22O3.C8H9N.C2H6/c1-3-4-5-6-7-10-9(2)15-12(14)11(10)8-13;1-3-8-5-4-7(2)6-9-8;1-2/h9-11,13H,3-8H2,1-2H3;3-6H,1H2,2H3;1-2H3. The van der Waals surface area contributed by atoms with E-state index in [1.165, 1.54) is 24.8 Å². The molecule has 4 heteroatoms. The van der Waals surface area contributed by atoms with Crippen LogP contribution in [-0.4, -0.2) is 28.8 Å². The quantitative estimate of drug-likeness (QED) is 0.535. The van der Waals surface area contributed by atoms with E-state index in [1.807, 2.05) is 46.0 Å². The number of pyridine rings is 1. The zero-order chi connectivity index (χ0) is 19.9. The molecule has 148 valence electrons. The lowest BCUT2D eigenvalue weighted by atomic mass is 9.87. The first-order chi connectivity index (χ1) is 12.5. The Bertz CT molecular complexity index is 499. The van der Waals surface area contributed by atoms with Crippen molar-refractivity contribution < 1.29 is 14.6 Å². The Morgan fingerprint density at radius 1 is 1.27 bits per heavy atom. The maximum atomic E-state index is 11.3. The van der Waals surface area contributed by atoms with Gasteiger partial charge in [0.2, 0.25) is 0 Å². The summed E-state index contributed by atoms with van der Waals surface area (Å²) in [4.78, 5) is 15.4. The smallest absolute Gasteiger partial charge is 0.311 e. The summed E-state index contributed by atoms with van der Waals surface area (Å²) in [5.74, 6) is -0.272. The zero-order valence-electron chi connectivity index (χ0n) is 17.2. The Balaban J connectivity index is 0.000000484. The first-order valence-corrected chi connectivity index (χ1v) is 9.89. The summed E-state index contributed by atoms with van der Waals surface area (Å²) in [6.45, 7) is 13.7. The summed E-state index contributed by atoms with van der Waals surface area (Å²) in [6, 6.07) is 3.96. The number of rotatable bonds is 7. The predicted molar refractivity (Wildman–Crippen MR) is 109 cm³/mol. The van der Waals surface area contributed by atoms with E-state index in [0.717, 1.165) is 18.5 Å². The number of carbonyl (C=O) groups is 1. The van der Waals surface area contributed by atoms with Gasteiger partial charge in [-0.15, -0.1) is 0 Å². The third kappa shape index (κ3) is 8.61. The van der Waals surface area contributed by atoms with Crippen LogP contribution in [0.25, 0.3) is 6.08 Å². The van der Waals surface area contributed by atoms with Gasteiger partial charge in [0.25, 0.3) is 0 Å². The van der Waals surface area contributed by atoms with Crippen LogP contribution in [0.1, 0.15) is 71.1 Å². The van der Waals surface area contributed by atoms with Gasteiger partial charge in [-0.05, 0) is 38.0 Å². The van der Waals surface area contributed by atoms with Crippen molar-refractivity contribution in [3.05, 3.63) is 36.2 Å². The van der Waals surface area contributed by atoms with Crippen molar-refractivity contribution in [3.8, 4) is 0 Å². The van der Waals surface area contributed by atoms with Crippen molar-refractivity contribution >= 4 is 12.0 Å². The Morgan fingerprint density at radius 2 is 1.96 bits per heavy atom. The average molecular weight is 364 g/mol. The maximum Gasteiger partial charge on any atom is 0.311 e. The molecule has 1 N–H and O–H groups in total.